The largest absolute Gasteiger partial charge is 0.497 e. The quantitative estimate of drug-likeness (QED) is 0.142. The average Bonchev–Trinajstić information content (AvgIpc) is 3.43. The van der Waals surface area contributed by atoms with E-state index in [0.29, 0.717) is 13.1 Å². The van der Waals surface area contributed by atoms with Crippen LogP contribution in [0.1, 0.15) is 40.2 Å². The van der Waals surface area contributed by atoms with Crippen molar-refractivity contribution in [1.82, 2.24) is 15.3 Å². The van der Waals surface area contributed by atoms with Gasteiger partial charge in [-0.05, 0) is 66.6 Å². The van der Waals surface area contributed by atoms with Crippen LogP contribution in [0.5, 0.6) is 11.5 Å². The van der Waals surface area contributed by atoms with E-state index in [9.17, 15) is 0 Å². The first-order valence-electron chi connectivity index (χ1n) is 14.0. The first-order valence-corrected chi connectivity index (χ1v) is 14.8. The number of carboxylic acids is 4. The molecule has 244 valence electrons. The number of carboxylic acid groups (broad SMARTS) is 4. The summed E-state index contributed by atoms with van der Waals surface area (Å²) in [6.45, 7) is 2.01. The first kappa shape index (κ1) is 35.2. The number of nitrogens with zero attached hydrogens (tertiary/aromatic N) is 2. The molecule has 0 atom stereocenters. The van der Waals surface area contributed by atoms with Gasteiger partial charge in [0.1, 0.15) is 28.0 Å². The number of hydrogen-bond donors (Lipinski definition) is 6. The van der Waals surface area contributed by atoms with E-state index in [1.54, 1.807) is 14.2 Å². The number of anilines is 1. The Hall–Kier alpha value is -5.28. The monoisotopic (exact) mass is 654 g/mol. The van der Waals surface area contributed by atoms with Crippen molar-refractivity contribution in [1.29, 1.82) is 0 Å². The van der Waals surface area contributed by atoms with Crippen molar-refractivity contribution in [2.45, 2.75) is 45.3 Å². The summed E-state index contributed by atoms with van der Waals surface area (Å²) in [5.74, 6) is -3.82. The topological polar surface area (TPSA) is 217 Å². The van der Waals surface area contributed by atoms with Crippen LogP contribution >= 0.6 is 11.3 Å². The summed E-state index contributed by atoms with van der Waals surface area (Å²) >= 11 is 1.84. The molecule has 2 heterocycles. The van der Waals surface area contributed by atoms with Gasteiger partial charge in [-0.3, -0.25) is 0 Å². The fourth-order valence-electron chi connectivity index (χ4n) is 4.48. The molecule has 14 nitrogen and oxygen atoms in total. The molecule has 6 N–H and O–H groups in total. The number of aliphatic carboxylic acids is 4. The number of rotatable bonds is 9. The molecular formula is C31H34N4O10S. The molecule has 5 rings (SSSR count). The van der Waals surface area contributed by atoms with Gasteiger partial charge in [-0.25, -0.2) is 29.1 Å². The lowest BCUT2D eigenvalue weighted by Gasteiger charge is -2.14. The number of fused-ring (bicyclic) bond motifs is 3. The van der Waals surface area contributed by atoms with E-state index in [0.717, 1.165) is 52.9 Å². The van der Waals surface area contributed by atoms with Crippen LogP contribution in [-0.4, -0.2) is 68.5 Å². The normalized spacial score (nSPS) is 11.5. The number of thiophene rings is 1. The molecule has 2 aromatic carbocycles. The van der Waals surface area contributed by atoms with Gasteiger partial charge in [-0.2, -0.15) is 0 Å². The Kier molecular flexibility index (Phi) is 13.2. The number of carbonyl (C=O) groups is 4. The van der Waals surface area contributed by atoms with Crippen molar-refractivity contribution in [3.8, 4) is 11.5 Å². The first-order chi connectivity index (χ1) is 22.0. The second kappa shape index (κ2) is 17.3. The van der Waals surface area contributed by atoms with Crippen LogP contribution in [0.4, 0.5) is 5.82 Å². The zero-order valence-corrected chi connectivity index (χ0v) is 25.9. The van der Waals surface area contributed by atoms with E-state index in [1.807, 2.05) is 41.7 Å². The van der Waals surface area contributed by atoms with Gasteiger partial charge in [0.2, 0.25) is 0 Å². The van der Waals surface area contributed by atoms with E-state index in [4.69, 9.17) is 59.0 Å². The third kappa shape index (κ3) is 10.4. The molecule has 0 saturated heterocycles. The van der Waals surface area contributed by atoms with Crippen LogP contribution < -0.4 is 20.1 Å². The molecule has 4 aromatic rings. The molecule has 2 aromatic heterocycles. The van der Waals surface area contributed by atoms with Gasteiger partial charge in [0.05, 0.1) is 26.2 Å². The van der Waals surface area contributed by atoms with Crippen molar-refractivity contribution in [2.75, 3.05) is 19.5 Å². The summed E-state index contributed by atoms with van der Waals surface area (Å²) in [6.07, 6.45) is 4.75. The maximum atomic E-state index is 9.10. The lowest BCUT2D eigenvalue weighted by atomic mass is 9.97. The lowest BCUT2D eigenvalue weighted by Crippen LogP contribution is -2.16. The van der Waals surface area contributed by atoms with E-state index < -0.39 is 23.9 Å². The number of ether oxygens (including phenoxy) is 2. The molecule has 0 amide bonds. The molecule has 1 aliphatic rings. The molecule has 0 radical (unpaired) electrons. The van der Waals surface area contributed by atoms with Crippen LogP contribution in [0.25, 0.3) is 10.2 Å². The van der Waals surface area contributed by atoms with Crippen LogP contribution in [0.2, 0.25) is 0 Å². The highest BCUT2D eigenvalue weighted by molar-refractivity contribution is 7.19. The Morgan fingerprint density at radius 1 is 0.761 bits per heavy atom. The van der Waals surface area contributed by atoms with E-state index in [1.165, 1.54) is 34.2 Å². The highest BCUT2D eigenvalue weighted by Crippen LogP contribution is 2.38. The van der Waals surface area contributed by atoms with E-state index in [-0.39, 0.29) is 0 Å². The predicted octanol–water partition coefficient (Wildman–Crippen LogP) is 3.80. The molecule has 1 aliphatic carbocycles. The number of benzene rings is 2. The van der Waals surface area contributed by atoms with Gasteiger partial charge < -0.3 is 40.5 Å². The fraction of sp³-hybridized carbons (Fsp3) is 0.290. The number of methoxy groups -OCH3 is 2. The Labute approximate surface area is 267 Å². The summed E-state index contributed by atoms with van der Waals surface area (Å²) in [5.41, 5.74) is 3.77. The zero-order chi connectivity index (χ0) is 33.6. The molecule has 0 unspecified atom stereocenters. The summed E-state index contributed by atoms with van der Waals surface area (Å²) in [4.78, 5) is 48.9. The number of nitrogens with one attached hydrogen (secondary N) is 2. The van der Waals surface area contributed by atoms with E-state index in [2.05, 4.69) is 28.8 Å². The Morgan fingerprint density at radius 2 is 1.30 bits per heavy atom. The molecule has 0 spiro atoms. The van der Waals surface area contributed by atoms with Crippen LogP contribution in [0.3, 0.4) is 0 Å². The highest BCUT2D eigenvalue weighted by Gasteiger charge is 2.21. The van der Waals surface area contributed by atoms with Gasteiger partial charge in [-0.15, -0.1) is 11.3 Å². The molecule has 15 heteroatoms. The van der Waals surface area contributed by atoms with Gasteiger partial charge in [0.15, 0.2) is 0 Å². The second-order valence-corrected chi connectivity index (χ2v) is 10.8. The minimum absolute atomic E-state index is 0.601. The Balaban J connectivity index is 0.000000410. The standard InChI is InChI=1S/C27H30N4O2S.2C2H2O4/c1-32-20-9-5-7-18(13-20)15-28-17-24-30-26(29-16-19-8-6-10-21(14-19)33-2)25-22-11-3-4-12-23(22)34-27(25)31-24;2*3-1(4)2(5)6/h5-10,13-14,28H,3-4,11-12,15-17H2,1-2H3,(H,29,30,31);2*(H,3,4)(H,5,6). The van der Waals surface area contributed by atoms with Gasteiger partial charge >= 0.3 is 23.9 Å². The lowest BCUT2D eigenvalue weighted by molar-refractivity contribution is -0.159. The summed E-state index contributed by atoms with van der Waals surface area (Å²) in [7, 11) is 3.39. The number of aryl methyl sites for hydroxylation is 2. The summed E-state index contributed by atoms with van der Waals surface area (Å²) in [5, 5.41) is 37.9. The average molecular weight is 655 g/mol. The molecule has 0 saturated carbocycles. The third-order valence-corrected chi connectivity index (χ3v) is 7.75. The summed E-state index contributed by atoms with van der Waals surface area (Å²) < 4.78 is 10.7. The number of hydrogen-bond acceptors (Lipinski definition) is 11. The van der Waals surface area contributed by atoms with Crippen LogP contribution in [-0.2, 0) is 51.7 Å². The minimum Gasteiger partial charge on any atom is -0.497 e. The maximum absolute atomic E-state index is 9.10. The van der Waals surface area contributed by atoms with Crippen molar-refractivity contribution < 1.29 is 49.1 Å². The van der Waals surface area contributed by atoms with Gasteiger partial charge in [0.25, 0.3) is 0 Å². The van der Waals surface area contributed by atoms with Crippen molar-refractivity contribution in [3.05, 3.63) is 75.9 Å². The summed E-state index contributed by atoms with van der Waals surface area (Å²) in [6, 6.07) is 16.3. The molecule has 0 aliphatic heterocycles. The third-order valence-electron chi connectivity index (χ3n) is 6.57. The van der Waals surface area contributed by atoms with Crippen molar-refractivity contribution in [3.63, 3.8) is 0 Å². The van der Waals surface area contributed by atoms with Crippen LogP contribution in [0, 0.1) is 0 Å². The smallest absolute Gasteiger partial charge is 0.414 e. The van der Waals surface area contributed by atoms with Crippen molar-refractivity contribution in [2.24, 2.45) is 0 Å². The highest BCUT2D eigenvalue weighted by atomic mass is 32.1. The molecule has 0 fully saturated rings. The Morgan fingerprint density at radius 3 is 1.85 bits per heavy atom. The van der Waals surface area contributed by atoms with E-state index >= 15 is 0 Å². The van der Waals surface area contributed by atoms with Gasteiger partial charge in [0, 0.05) is 18.0 Å². The zero-order valence-electron chi connectivity index (χ0n) is 25.1. The van der Waals surface area contributed by atoms with Crippen molar-refractivity contribution >= 4 is 51.2 Å². The molecular weight excluding hydrogens is 620 g/mol. The molecule has 46 heavy (non-hydrogen) atoms. The van der Waals surface area contributed by atoms with Gasteiger partial charge in [-0.1, -0.05) is 24.3 Å². The maximum Gasteiger partial charge on any atom is 0.414 e. The predicted molar refractivity (Wildman–Crippen MR) is 168 cm³/mol. The second-order valence-electron chi connectivity index (χ2n) is 9.76. The fourth-order valence-corrected chi connectivity index (χ4v) is 5.76. The van der Waals surface area contributed by atoms with Crippen LogP contribution in [0.15, 0.2) is 48.5 Å². The molecule has 0 bridgehead atoms. The number of aromatic nitrogens is 2. The Bertz CT molecular complexity index is 1640. The minimum atomic E-state index is -1.82. The SMILES string of the molecule is COc1cccc(CNCc2nc(NCc3cccc(OC)c3)c3c4c(sc3n2)CCCC4)c1.O=C(O)C(=O)O.O=C(O)C(=O)O.